The lowest BCUT2D eigenvalue weighted by Crippen LogP contribution is -2.60. The molecular formula is C21H30ClN3O2. The van der Waals surface area contributed by atoms with Gasteiger partial charge in [-0.1, -0.05) is 36.6 Å². The van der Waals surface area contributed by atoms with E-state index in [0.717, 1.165) is 31.2 Å². The van der Waals surface area contributed by atoms with Crippen molar-refractivity contribution in [3.05, 3.63) is 34.9 Å². The van der Waals surface area contributed by atoms with Crippen LogP contribution in [-0.2, 0) is 16.0 Å². The van der Waals surface area contributed by atoms with Crippen LogP contribution in [0.3, 0.4) is 0 Å². The number of carbonyl (C=O) groups is 2. The van der Waals surface area contributed by atoms with E-state index in [9.17, 15) is 9.59 Å². The highest BCUT2D eigenvalue weighted by atomic mass is 35.5. The first-order chi connectivity index (χ1) is 12.8. The second-order valence-electron chi connectivity index (χ2n) is 8.33. The van der Waals surface area contributed by atoms with Crippen molar-refractivity contribution in [2.24, 2.45) is 11.7 Å². The normalized spacial score (nSPS) is 28.9. The summed E-state index contributed by atoms with van der Waals surface area (Å²) in [6.45, 7) is 5.74. The van der Waals surface area contributed by atoms with E-state index in [1.54, 1.807) is 6.07 Å². The van der Waals surface area contributed by atoms with E-state index in [-0.39, 0.29) is 23.8 Å². The quantitative estimate of drug-likeness (QED) is 0.861. The van der Waals surface area contributed by atoms with Crippen LogP contribution in [0.2, 0.25) is 5.02 Å². The summed E-state index contributed by atoms with van der Waals surface area (Å²) in [6, 6.07) is 7.41. The van der Waals surface area contributed by atoms with Crippen molar-refractivity contribution in [1.29, 1.82) is 0 Å². The van der Waals surface area contributed by atoms with Gasteiger partial charge in [-0.25, -0.2) is 0 Å². The molecule has 6 heteroatoms. The van der Waals surface area contributed by atoms with Gasteiger partial charge >= 0.3 is 0 Å². The highest BCUT2D eigenvalue weighted by Crippen LogP contribution is 2.33. The average molecular weight is 392 g/mol. The summed E-state index contributed by atoms with van der Waals surface area (Å²) in [5.74, 6) is 0.138. The molecule has 1 aromatic carbocycles. The van der Waals surface area contributed by atoms with E-state index in [2.05, 4.69) is 0 Å². The molecule has 3 rings (SSSR count). The minimum absolute atomic E-state index is 0.00186. The molecule has 2 aliphatic rings. The summed E-state index contributed by atoms with van der Waals surface area (Å²) >= 11 is 6.01. The Morgan fingerprint density at radius 1 is 1.30 bits per heavy atom. The number of halogens is 1. The number of rotatable bonds is 3. The van der Waals surface area contributed by atoms with Crippen molar-refractivity contribution < 1.29 is 9.59 Å². The van der Waals surface area contributed by atoms with Crippen LogP contribution < -0.4 is 5.73 Å². The number of carbonyl (C=O) groups excluding carboxylic acids is 2. The molecule has 1 aliphatic heterocycles. The maximum atomic E-state index is 13.0. The Morgan fingerprint density at radius 2 is 2.07 bits per heavy atom. The molecule has 1 saturated heterocycles. The predicted molar refractivity (Wildman–Crippen MR) is 107 cm³/mol. The monoisotopic (exact) mass is 391 g/mol. The summed E-state index contributed by atoms with van der Waals surface area (Å²) in [5.41, 5.74) is 6.91. The summed E-state index contributed by atoms with van der Waals surface area (Å²) < 4.78 is 0. The minimum Gasteiger partial charge on any atom is -0.339 e. The Balaban J connectivity index is 1.60. The van der Waals surface area contributed by atoms with Gasteiger partial charge in [0.05, 0.1) is 12.3 Å². The minimum atomic E-state index is -0.419. The molecule has 148 valence electrons. The fourth-order valence-electron chi connectivity index (χ4n) is 4.44. The molecule has 0 bridgehead atoms. The third-order valence-corrected chi connectivity index (χ3v) is 6.29. The second-order valence-corrected chi connectivity index (χ2v) is 8.77. The van der Waals surface area contributed by atoms with Crippen LogP contribution in [0, 0.1) is 5.92 Å². The fourth-order valence-corrected chi connectivity index (χ4v) is 4.65. The zero-order valence-electron chi connectivity index (χ0n) is 16.3. The van der Waals surface area contributed by atoms with Gasteiger partial charge in [0.15, 0.2) is 0 Å². The van der Waals surface area contributed by atoms with Gasteiger partial charge < -0.3 is 15.5 Å². The van der Waals surface area contributed by atoms with Crippen molar-refractivity contribution in [1.82, 2.24) is 9.80 Å². The maximum Gasteiger partial charge on any atom is 0.227 e. The number of hydrogen-bond donors (Lipinski definition) is 1. The first-order valence-corrected chi connectivity index (χ1v) is 10.3. The Bertz CT molecular complexity index is 706. The van der Waals surface area contributed by atoms with E-state index in [4.69, 9.17) is 17.3 Å². The lowest BCUT2D eigenvalue weighted by atomic mass is 9.74. The van der Waals surface area contributed by atoms with Crippen LogP contribution in [0.15, 0.2) is 24.3 Å². The van der Waals surface area contributed by atoms with Crippen LogP contribution in [0.4, 0.5) is 0 Å². The van der Waals surface area contributed by atoms with E-state index in [1.165, 1.54) is 0 Å². The molecule has 2 amide bonds. The van der Waals surface area contributed by atoms with Crippen molar-refractivity contribution in [2.45, 2.75) is 57.5 Å². The number of piperazine rings is 1. The van der Waals surface area contributed by atoms with Crippen molar-refractivity contribution in [3.63, 3.8) is 0 Å². The van der Waals surface area contributed by atoms with Gasteiger partial charge in [0.25, 0.3) is 0 Å². The molecule has 1 saturated carbocycles. The summed E-state index contributed by atoms with van der Waals surface area (Å²) in [4.78, 5) is 29.6. The van der Waals surface area contributed by atoms with Gasteiger partial charge in [-0.05, 0) is 44.4 Å². The molecule has 1 aromatic rings. The molecule has 0 aromatic heterocycles. The molecule has 1 heterocycles. The zero-order valence-corrected chi connectivity index (χ0v) is 17.0. The van der Waals surface area contributed by atoms with Gasteiger partial charge in [0, 0.05) is 36.2 Å². The summed E-state index contributed by atoms with van der Waals surface area (Å²) in [7, 11) is 0. The molecule has 5 nitrogen and oxygen atoms in total. The van der Waals surface area contributed by atoms with Crippen LogP contribution in [0.5, 0.6) is 0 Å². The molecule has 3 atom stereocenters. The highest BCUT2D eigenvalue weighted by molar-refractivity contribution is 6.30. The number of hydrogen-bond acceptors (Lipinski definition) is 3. The van der Waals surface area contributed by atoms with E-state index < -0.39 is 5.54 Å². The molecule has 1 aliphatic carbocycles. The van der Waals surface area contributed by atoms with Gasteiger partial charge in [-0.2, -0.15) is 0 Å². The topological polar surface area (TPSA) is 66.6 Å². The lowest BCUT2D eigenvalue weighted by molar-refractivity contribution is -0.146. The maximum absolute atomic E-state index is 13.0. The van der Waals surface area contributed by atoms with Gasteiger partial charge in [-0.3, -0.25) is 9.59 Å². The molecule has 0 spiro atoms. The molecule has 2 N–H and O–H groups in total. The summed E-state index contributed by atoms with van der Waals surface area (Å²) in [6.07, 6.45) is 4.27. The van der Waals surface area contributed by atoms with Crippen LogP contribution >= 0.6 is 11.6 Å². The first-order valence-electron chi connectivity index (χ1n) is 9.89. The number of nitrogens with zero attached hydrogens (tertiary/aromatic N) is 2. The Morgan fingerprint density at radius 3 is 2.74 bits per heavy atom. The Kier molecular flexibility index (Phi) is 6.11. The van der Waals surface area contributed by atoms with Crippen LogP contribution in [0.25, 0.3) is 0 Å². The number of benzene rings is 1. The third kappa shape index (κ3) is 4.64. The van der Waals surface area contributed by atoms with E-state index >= 15 is 0 Å². The first kappa shape index (κ1) is 20.2. The predicted octanol–water partition coefficient (Wildman–Crippen LogP) is 2.85. The molecule has 2 fully saturated rings. The number of nitrogens with two attached hydrogens (primary N) is 1. The average Bonchev–Trinajstić information content (AvgIpc) is 2.60. The van der Waals surface area contributed by atoms with E-state index in [0.29, 0.717) is 31.1 Å². The van der Waals surface area contributed by atoms with Gasteiger partial charge in [0.1, 0.15) is 0 Å². The van der Waals surface area contributed by atoms with Crippen molar-refractivity contribution in [3.8, 4) is 0 Å². The van der Waals surface area contributed by atoms with Gasteiger partial charge in [0.2, 0.25) is 11.8 Å². The zero-order chi connectivity index (χ0) is 19.6. The number of amides is 2. The smallest absolute Gasteiger partial charge is 0.227 e. The molecular weight excluding hydrogens is 362 g/mol. The van der Waals surface area contributed by atoms with E-state index in [1.807, 2.05) is 41.8 Å². The SMILES string of the molecule is CC1CN(C(=O)C2CCCCC2(C)N)CCN1C(=O)Cc1cccc(Cl)c1. The highest BCUT2D eigenvalue weighted by Gasteiger charge is 2.41. The molecule has 0 radical (unpaired) electrons. The summed E-state index contributed by atoms with van der Waals surface area (Å²) in [5, 5.41) is 0.640. The standard InChI is InChI=1S/C21H30ClN3O2/c1-15-14-24(20(27)18-8-3-4-9-21(18,2)23)10-11-25(15)19(26)13-16-6-5-7-17(22)12-16/h5-7,12,15,18H,3-4,8-11,13-14,23H2,1-2H3. The Labute approximate surface area is 166 Å². The van der Waals surface area contributed by atoms with Crippen molar-refractivity contribution in [2.75, 3.05) is 19.6 Å². The largest absolute Gasteiger partial charge is 0.339 e. The van der Waals surface area contributed by atoms with Crippen molar-refractivity contribution >= 4 is 23.4 Å². The van der Waals surface area contributed by atoms with Crippen LogP contribution in [0.1, 0.15) is 45.1 Å². The second kappa shape index (κ2) is 8.19. The molecule has 27 heavy (non-hydrogen) atoms. The fraction of sp³-hybridized carbons (Fsp3) is 0.619. The Hall–Kier alpha value is -1.59. The third-order valence-electron chi connectivity index (χ3n) is 6.06. The lowest BCUT2D eigenvalue weighted by Gasteiger charge is -2.44. The van der Waals surface area contributed by atoms with Gasteiger partial charge in [-0.15, -0.1) is 0 Å². The molecule has 3 unspecified atom stereocenters. The van der Waals surface area contributed by atoms with Crippen LogP contribution in [-0.4, -0.2) is 52.8 Å².